The molecule has 0 aliphatic rings. The van der Waals surface area contributed by atoms with Gasteiger partial charge >= 0.3 is 0 Å². The zero-order valence-corrected chi connectivity index (χ0v) is 10.3. The second-order valence-electron chi connectivity index (χ2n) is 2.09. The second kappa shape index (κ2) is 11.9. The van der Waals surface area contributed by atoms with Crippen LogP contribution in [0.25, 0.3) is 0 Å². The van der Waals surface area contributed by atoms with E-state index in [2.05, 4.69) is 0 Å². The SMILES string of the molecule is CC.CC.CC(=O)/C(C)=C(/O)C(C)=O. The predicted octanol–water partition coefficient (Wildman–Crippen LogP) is 3.05. The van der Waals surface area contributed by atoms with E-state index in [1.54, 1.807) is 0 Å². The molecule has 84 valence electrons. The monoisotopic (exact) mass is 202 g/mol. The van der Waals surface area contributed by atoms with Crippen LogP contribution in [0.2, 0.25) is 0 Å². The van der Waals surface area contributed by atoms with Gasteiger partial charge in [-0.2, -0.15) is 0 Å². The van der Waals surface area contributed by atoms with E-state index in [0.29, 0.717) is 0 Å². The molecule has 1 N–H and O–H groups in total. The lowest BCUT2D eigenvalue weighted by Gasteiger charge is -1.96. The van der Waals surface area contributed by atoms with E-state index >= 15 is 0 Å². The Bertz CT molecular complexity index is 181. The average Bonchev–Trinajstić information content (AvgIpc) is 2.21. The molecule has 0 aromatic rings. The number of aliphatic hydroxyl groups excluding tert-OH is 1. The molecule has 3 heteroatoms. The summed E-state index contributed by atoms with van der Waals surface area (Å²) in [5, 5.41) is 8.87. The molecule has 14 heavy (non-hydrogen) atoms. The molecule has 3 nitrogen and oxygen atoms in total. The van der Waals surface area contributed by atoms with Crippen LogP contribution in [0.4, 0.5) is 0 Å². The smallest absolute Gasteiger partial charge is 0.194 e. The van der Waals surface area contributed by atoms with Gasteiger partial charge in [-0.05, 0) is 13.8 Å². The minimum Gasteiger partial charge on any atom is -0.504 e. The maximum atomic E-state index is 10.5. The van der Waals surface area contributed by atoms with E-state index in [1.807, 2.05) is 27.7 Å². The number of Topliss-reactive ketones (excluding diaryl/α,β-unsaturated/α-hetero) is 2. The first-order valence-corrected chi connectivity index (χ1v) is 4.88. The summed E-state index contributed by atoms with van der Waals surface area (Å²) in [6.07, 6.45) is 0. The third-order valence-corrected chi connectivity index (χ3v) is 1.22. The van der Waals surface area contributed by atoms with E-state index < -0.39 is 11.5 Å². The Balaban J connectivity index is -0.000000266. The lowest BCUT2D eigenvalue weighted by molar-refractivity contribution is -0.118. The highest BCUT2D eigenvalue weighted by molar-refractivity contribution is 6.02. The molecule has 0 saturated heterocycles. The maximum Gasteiger partial charge on any atom is 0.194 e. The Labute approximate surface area is 86.8 Å². The van der Waals surface area contributed by atoms with Gasteiger partial charge in [0, 0.05) is 12.5 Å². The first-order chi connectivity index (χ1) is 6.46. The number of carbonyl (C=O) groups excluding carboxylic acids is 2. The van der Waals surface area contributed by atoms with Gasteiger partial charge in [0.05, 0.1) is 0 Å². The Morgan fingerprint density at radius 2 is 1.07 bits per heavy atom. The number of hydrogen-bond donors (Lipinski definition) is 1. The first kappa shape index (κ1) is 18.6. The average molecular weight is 202 g/mol. The highest BCUT2D eigenvalue weighted by Gasteiger charge is 2.08. The number of aliphatic hydroxyl groups is 1. The number of allylic oxidation sites excluding steroid dienone is 2. The summed E-state index contributed by atoms with van der Waals surface area (Å²) in [6, 6.07) is 0. The predicted molar refractivity (Wildman–Crippen MR) is 59.4 cm³/mol. The summed E-state index contributed by atoms with van der Waals surface area (Å²) in [4.78, 5) is 20.9. The summed E-state index contributed by atoms with van der Waals surface area (Å²) in [7, 11) is 0. The van der Waals surface area contributed by atoms with Gasteiger partial charge in [-0.1, -0.05) is 27.7 Å². The Kier molecular flexibility index (Phi) is 15.8. The van der Waals surface area contributed by atoms with E-state index in [-0.39, 0.29) is 11.4 Å². The van der Waals surface area contributed by atoms with Gasteiger partial charge in [-0.3, -0.25) is 9.59 Å². The van der Waals surface area contributed by atoms with Gasteiger partial charge in [0.25, 0.3) is 0 Å². The third-order valence-electron chi connectivity index (χ3n) is 1.22. The number of carbonyl (C=O) groups is 2. The van der Waals surface area contributed by atoms with Crippen LogP contribution in [0.15, 0.2) is 11.3 Å². The van der Waals surface area contributed by atoms with Gasteiger partial charge in [-0.15, -0.1) is 0 Å². The quantitative estimate of drug-likeness (QED) is 0.553. The topological polar surface area (TPSA) is 54.4 Å². The molecule has 0 radical (unpaired) electrons. The lowest BCUT2D eigenvalue weighted by atomic mass is 10.1. The molecule has 0 aliphatic carbocycles. The Morgan fingerprint density at radius 1 is 0.786 bits per heavy atom. The molecule has 0 unspecified atom stereocenters. The summed E-state index contributed by atoms with van der Waals surface area (Å²) < 4.78 is 0. The van der Waals surface area contributed by atoms with Crippen molar-refractivity contribution in [2.75, 3.05) is 0 Å². The second-order valence-corrected chi connectivity index (χ2v) is 2.09. The van der Waals surface area contributed by atoms with Crippen molar-refractivity contribution in [3.8, 4) is 0 Å². The summed E-state index contributed by atoms with van der Waals surface area (Å²) >= 11 is 0. The van der Waals surface area contributed by atoms with Crippen molar-refractivity contribution in [1.82, 2.24) is 0 Å². The van der Waals surface area contributed by atoms with Crippen molar-refractivity contribution in [3.63, 3.8) is 0 Å². The van der Waals surface area contributed by atoms with Crippen LogP contribution in [0.3, 0.4) is 0 Å². The molecule has 0 spiro atoms. The largest absolute Gasteiger partial charge is 0.504 e. The fraction of sp³-hybridized carbons (Fsp3) is 0.636. The molecule has 0 aliphatic heterocycles. The third kappa shape index (κ3) is 8.97. The molecule has 0 rings (SSSR count). The van der Waals surface area contributed by atoms with Crippen molar-refractivity contribution >= 4 is 11.6 Å². The zero-order valence-electron chi connectivity index (χ0n) is 10.3. The number of rotatable bonds is 2. The highest BCUT2D eigenvalue weighted by Crippen LogP contribution is 2.01. The number of hydrogen-bond acceptors (Lipinski definition) is 3. The van der Waals surface area contributed by atoms with Crippen molar-refractivity contribution in [1.29, 1.82) is 0 Å². The van der Waals surface area contributed by atoms with E-state index in [4.69, 9.17) is 5.11 Å². The first-order valence-electron chi connectivity index (χ1n) is 4.88. The van der Waals surface area contributed by atoms with E-state index in [1.165, 1.54) is 20.8 Å². The lowest BCUT2D eigenvalue weighted by Crippen LogP contribution is -2.04. The van der Waals surface area contributed by atoms with Crippen LogP contribution in [-0.4, -0.2) is 16.7 Å². The molecule has 0 atom stereocenters. The van der Waals surface area contributed by atoms with Crippen molar-refractivity contribution in [3.05, 3.63) is 11.3 Å². The Hall–Kier alpha value is -1.12. The standard InChI is InChI=1S/C7H10O3.2C2H6/c1-4(5(2)8)7(10)6(3)9;2*1-2/h10H,1-3H3;2*1-2H3/b7-4+;;. The molecule has 0 aromatic heterocycles. The zero-order chi connectivity index (χ0) is 12.3. The minimum absolute atomic E-state index is 0.118. The van der Waals surface area contributed by atoms with Crippen molar-refractivity contribution in [2.45, 2.75) is 48.5 Å². The van der Waals surface area contributed by atoms with E-state index in [9.17, 15) is 9.59 Å². The molecule has 0 saturated carbocycles. The number of ketones is 2. The van der Waals surface area contributed by atoms with Crippen molar-refractivity contribution < 1.29 is 14.7 Å². The summed E-state index contributed by atoms with van der Waals surface area (Å²) in [6.45, 7) is 11.9. The summed E-state index contributed by atoms with van der Waals surface area (Å²) in [5.41, 5.74) is 0.118. The van der Waals surface area contributed by atoms with Crippen LogP contribution in [0.1, 0.15) is 48.5 Å². The molecule has 0 heterocycles. The van der Waals surface area contributed by atoms with Gasteiger partial charge in [0.2, 0.25) is 0 Å². The highest BCUT2D eigenvalue weighted by atomic mass is 16.3. The molecular formula is C11H22O3. The van der Waals surface area contributed by atoms with Crippen molar-refractivity contribution in [2.24, 2.45) is 0 Å². The molecule has 0 aromatic carbocycles. The normalized spacial score (nSPS) is 9.64. The molecular weight excluding hydrogens is 180 g/mol. The fourth-order valence-electron chi connectivity index (χ4n) is 0.431. The van der Waals surface area contributed by atoms with Crippen LogP contribution >= 0.6 is 0 Å². The minimum atomic E-state index is -0.479. The van der Waals surface area contributed by atoms with Gasteiger partial charge in [-0.25, -0.2) is 0 Å². The van der Waals surface area contributed by atoms with Gasteiger partial charge < -0.3 is 5.11 Å². The molecule has 0 amide bonds. The van der Waals surface area contributed by atoms with Crippen LogP contribution in [0.5, 0.6) is 0 Å². The van der Waals surface area contributed by atoms with Gasteiger partial charge in [0.15, 0.2) is 17.3 Å². The fourth-order valence-corrected chi connectivity index (χ4v) is 0.431. The van der Waals surface area contributed by atoms with E-state index in [0.717, 1.165) is 0 Å². The van der Waals surface area contributed by atoms with Crippen LogP contribution < -0.4 is 0 Å². The van der Waals surface area contributed by atoms with Crippen LogP contribution in [-0.2, 0) is 9.59 Å². The summed E-state index contributed by atoms with van der Waals surface area (Å²) in [5.74, 6) is -1.20. The molecule has 0 fully saturated rings. The van der Waals surface area contributed by atoms with Crippen LogP contribution in [0, 0.1) is 0 Å². The Morgan fingerprint density at radius 3 is 1.14 bits per heavy atom. The van der Waals surface area contributed by atoms with Gasteiger partial charge in [0.1, 0.15) is 0 Å². The maximum absolute atomic E-state index is 10.5. The molecule has 0 bridgehead atoms.